The van der Waals surface area contributed by atoms with Crippen LogP contribution >= 0.6 is 0 Å². The van der Waals surface area contributed by atoms with E-state index in [0.29, 0.717) is 19.1 Å². The molecule has 2 rings (SSSR count). The van der Waals surface area contributed by atoms with Crippen LogP contribution in [0.15, 0.2) is 36.9 Å². The highest BCUT2D eigenvalue weighted by Crippen LogP contribution is 2.23. The van der Waals surface area contributed by atoms with Crippen LogP contribution in [0, 0.1) is 5.92 Å². The lowest BCUT2D eigenvalue weighted by atomic mass is 9.86. The van der Waals surface area contributed by atoms with E-state index in [4.69, 9.17) is 4.74 Å². The van der Waals surface area contributed by atoms with Crippen molar-refractivity contribution in [2.75, 3.05) is 20.2 Å². The molecule has 1 fully saturated rings. The molecule has 2 unspecified atom stereocenters. The molecular weight excluding hydrogens is 342 g/mol. The second kappa shape index (κ2) is 10.7. The van der Waals surface area contributed by atoms with E-state index < -0.39 is 6.03 Å². The Balaban J connectivity index is 1.72. The quantitative estimate of drug-likeness (QED) is 0.687. The number of carbonyl (C=O) groups excluding carboxylic acids is 2. The van der Waals surface area contributed by atoms with Gasteiger partial charge >= 0.3 is 6.03 Å². The number of carbonyl (C=O) groups is 2. The second-order valence-electron chi connectivity index (χ2n) is 7.31. The van der Waals surface area contributed by atoms with Gasteiger partial charge in [0.1, 0.15) is 12.4 Å². The van der Waals surface area contributed by atoms with Crippen molar-refractivity contribution in [3.63, 3.8) is 0 Å². The van der Waals surface area contributed by atoms with Crippen LogP contribution in [0.2, 0.25) is 0 Å². The zero-order valence-corrected chi connectivity index (χ0v) is 16.4. The van der Waals surface area contributed by atoms with Crippen LogP contribution < -0.4 is 15.4 Å². The summed E-state index contributed by atoms with van der Waals surface area (Å²) in [6.07, 6.45) is 6.15. The standard InChI is InChI=1S/C21H31N3O3/c1-4-13-27-18-11-9-17(10-12-18)14-24(3)15-20(25)23-21(26)22-19-8-6-5-7-16(19)2/h4,9-12,16,19H,1,5-8,13-15H2,2-3H3,(H2,22,23,25,26). The summed E-state index contributed by atoms with van der Waals surface area (Å²) < 4.78 is 5.45. The average Bonchev–Trinajstić information content (AvgIpc) is 2.62. The maximum absolute atomic E-state index is 12.1. The molecule has 0 aromatic heterocycles. The van der Waals surface area contributed by atoms with Crippen LogP contribution in [0.4, 0.5) is 4.79 Å². The number of nitrogens with zero attached hydrogens (tertiary/aromatic N) is 1. The Morgan fingerprint density at radius 2 is 1.96 bits per heavy atom. The first-order valence-corrected chi connectivity index (χ1v) is 9.59. The van der Waals surface area contributed by atoms with Crippen molar-refractivity contribution in [2.45, 2.75) is 45.2 Å². The Bertz CT molecular complexity index is 630. The minimum Gasteiger partial charge on any atom is -0.490 e. The van der Waals surface area contributed by atoms with Crippen LogP contribution in [0.25, 0.3) is 0 Å². The van der Waals surface area contributed by atoms with Crippen molar-refractivity contribution in [1.82, 2.24) is 15.5 Å². The summed E-state index contributed by atoms with van der Waals surface area (Å²) in [5, 5.41) is 5.37. The van der Waals surface area contributed by atoms with Crippen molar-refractivity contribution in [3.8, 4) is 5.75 Å². The maximum Gasteiger partial charge on any atom is 0.321 e. The van der Waals surface area contributed by atoms with Crippen LogP contribution in [-0.2, 0) is 11.3 Å². The number of urea groups is 1. The minimum absolute atomic E-state index is 0.155. The SMILES string of the molecule is C=CCOc1ccc(CN(C)CC(=O)NC(=O)NC2CCCCC2C)cc1. The van der Waals surface area contributed by atoms with Gasteiger partial charge in [-0.1, -0.05) is 44.6 Å². The van der Waals surface area contributed by atoms with Gasteiger partial charge in [0.15, 0.2) is 0 Å². The van der Waals surface area contributed by atoms with Gasteiger partial charge in [0, 0.05) is 12.6 Å². The monoisotopic (exact) mass is 373 g/mol. The topological polar surface area (TPSA) is 70.7 Å². The van der Waals surface area contributed by atoms with Crippen LogP contribution in [-0.4, -0.2) is 43.1 Å². The lowest BCUT2D eigenvalue weighted by molar-refractivity contribution is -0.121. The van der Waals surface area contributed by atoms with Crippen molar-refractivity contribution < 1.29 is 14.3 Å². The van der Waals surface area contributed by atoms with Crippen molar-refractivity contribution in [3.05, 3.63) is 42.5 Å². The Morgan fingerprint density at radius 1 is 1.26 bits per heavy atom. The third-order valence-electron chi connectivity index (χ3n) is 4.84. The van der Waals surface area contributed by atoms with Crippen LogP contribution in [0.1, 0.15) is 38.2 Å². The highest BCUT2D eigenvalue weighted by atomic mass is 16.5. The molecular formula is C21H31N3O3. The number of amides is 3. The largest absolute Gasteiger partial charge is 0.490 e. The van der Waals surface area contributed by atoms with Gasteiger partial charge in [-0.2, -0.15) is 0 Å². The number of nitrogens with one attached hydrogen (secondary N) is 2. The summed E-state index contributed by atoms with van der Waals surface area (Å²) in [5.41, 5.74) is 1.07. The normalized spacial score (nSPS) is 19.4. The first kappa shape index (κ1) is 21.0. The van der Waals surface area contributed by atoms with E-state index in [1.165, 1.54) is 6.42 Å². The summed E-state index contributed by atoms with van der Waals surface area (Å²) in [6, 6.07) is 7.48. The molecule has 6 nitrogen and oxygen atoms in total. The number of hydrogen-bond donors (Lipinski definition) is 2. The molecule has 1 saturated carbocycles. The molecule has 148 valence electrons. The Hall–Kier alpha value is -2.34. The molecule has 1 aromatic carbocycles. The number of benzene rings is 1. The number of rotatable bonds is 8. The Labute approximate surface area is 162 Å². The molecule has 0 aliphatic heterocycles. The lowest BCUT2D eigenvalue weighted by Gasteiger charge is -2.29. The molecule has 0 spiro atoms. The number of imide groups is 1. The van der Waals surface area contributed by atoms with Gasteiger partial charge in [-0.3, -0.25) is 15.0 Å². The fraction of sp³-hybridized carbons (Fsp3) is 0.524. The molecule has 1 aliphatic carbocycles. The van der Waals surface area contributed by atoms with Crippen molar-refractivity contribution in [1.29, 1.82) is 0 Å². The highest BCUT2D eigenvalue weighted by molar-refractivity contribution is 5.95. The molecule has 2 N–H and O–H groups in total. The summed E-state index contributed by atoms with van der Waals surface area (Å²) in [5.74, 6) is 0.942. The van der Waals surface area contributed by atoms with Gasteiger partial charge in [-0.25, -0.2) is 4.79 Å². The summed E-state index contributed by atoms with van der Waals surface area (Å²) in [4.78, 5) is 26.0. The zero-order valence-electron chi connectivity index (χ0n) is 16.4. The summed E-state index contributed by atoms with van der Waals surface area (Å²) in [6.45, 7) is 7.00. The minimum atomic E-state index is -0.393. The third-order valence-corrected chi connectivity index (χ3v) is 4.84. The maximum atomic E-state index is 12.1. The fourth-order valence-electron chi connectivity index (χ4n) is 3.36. The molecule has 3 amide bonds. The van der Waals surface area contributed by atoms with E-state index in [1.54, 1.807) is 6.08 Å². The molecule has 0 heterocycles. The summed E-state index contributed by atoms with van der Waals surface area (Å²) in [7, 11) is 1.85. The van der Waals surface area contributed by atoms with Crippen molar-refractivity contribution in [2.24, 2.45) is 5.92 Å². The number of hydrogen-bond acceptors (Lipinski definition) is 4. The van der Waals surface area contributed by atoms with Gasteiger partial charge in [0.2, 0.25) is 5.91 Å². The second-order valence-corrected chi connectivity index (χ2v) is 7.31. The van der Waals surface area contributed by atoms with E-state index in [0.717, 1.165) is 30.6 Å². The molecule has 0 saturated heterocycles. The van der Waals surface area contributed by atoms with E-state index in [-0.39, 0.29) is 18.5 Å². The first-order chi connectivity index (χ1) is 13.0. The Kier molecular flexibility index (Phi) is 8.33. The van der Waals surface area contributed by atoms with Gasteiger partial charge < -0.3 is 10.1 Å². The van der Waals surface area contributed by atoms with Gasteiger partial charge in [0.25, 0.3) is 0 Å². The molecule has 1 aromatic rings. The third kappa shape index (κ3) is 7.43. The molecule has 1 aliphatic rings. The van der Waals surface area contributed by atoms with Crippen molar-refractivity contribution >= 4 is 11.9 Å². The fourth-order valence-corrected chi connectivity index (χ4v) is 3.36. The molecule has 0 radical (unpaired) electrons. The van der Waals surface area contributed by atoms with Gasteiger partial charge in [-0.15, -0.1) is 0 Å². The van der Waals surface area contributed by atoms with Crippen LogP contribution in [0.3, 0.4) is 0 Å². The van der Waals surface area contributed by atoms with E-state index in [1.807, 2.05) is 36.2 Å². The van der Waals surface area contributed by atoms with Gasteiger partial charge in [0.05, 0.1) is 6.54 Å². The summed E-state index contributed by atoms with van der Waals surface area (Å²) >= 11 is 0. The lowest BCUT2D eigenvalue weighted by Crippen LogP contribution is -2.49. The Morgan fingerprint density at radius 3 is 2.63 bits per heavy atom. The number of likely N-dealkylation sites (N-methyl/N-ethyl adjacent to an activating group) is 1. The first-order valence-electron chi connectivity index (χ1n) is 9.59. The van der Waals surface area contributed by atoms with E-state index in [9.17, 15) is 9.59 Å². The zero-order chi connectivity index (χ0) is 19.6. The van der Waals surface area contributed by atoms with E-state index in [2.05, 4.69) is 24.1 Å². The highest BCUT2D eigenvalue weighted by Gasteiger charge is 2.23. The predicted octanol–water partition coefficient (Wildman–Crippen LogP) is 3.09. The predicted molar refractivity (Wildman–Crippen MR) is 107 cm³/mol. The average molecular weight is 373 g/mol. The van der Waals surface area contributed by atoms with Gasteiger partial charge in [-0.05, 0) is 43.5 Å². The molecule has 2 atom stereocenters. The smallest absolute Gasteiger partial charge is 0.321 e. The van der Waals surface area contributed by atoms with E-state index >= 15 is 0 Å². The molecule has 6 heteroatoms. The molecule has 27 heavy (non-hydrogen) atoms. The van der Waals surface area contributed by atoms with Crippen LogP contribution in [0.5, 0.6) is 5.75 Å². The number of ether oxygens (including phenoxy) is 1. The molecule has 0 bridgehead atoms.